The number of aliphatic hydroxyl groups excluding tert-OH is 5. The Balaban J connectivity index is 1.21. The van der Waals surface area contributed by atoms with E-state index >= 15 is 0 Å². The van der Waals surface area contributed by atoms with Gasteiger partial charge in [-0.05, 0) is 72.7 Å². The quantitative estimate of drug-likeness (QED) is 0.0349. The van der Waals surface area contributed by atoms with E-state index in [4.69, 9.17) is 38.3 Å². The van der Waals surface area contributed by atoms with E-state index in [0.717, 1.165) is 43.1 Å². The molecule has 3 aromatic carbocycles. The van der Waals surface area contributed by atoms with Crippen LogP contribution in [-0.2, 0) is 12.8 Å². The number of anilines is 2. The van der Waals surface area contributed by atoms with E-state index in [9.17, 15) is 25.2 Å². The van der Waals surface area contributed by atoms with Crippen LogP contribution in [0.15, 0.2) is 66.7 Å². The number of halogens is 1. The van der Waals surface area contributed by atoms with Crippen LogP contribution in [0.4, 0.5) is 11.6 Å². The minimum absolute atomic E-state index is 0.0235. The molecule has 15 nitrogen and oxygen atoms in total. The monoisotopic (exact) mass is 752 g/mol. The van der Waals surface area contributed by atoms with E-state index in [0.29, 0.717) is 32.0 Å². The van der Waals surface area contributed by atoms with Crippen LogP contribution in [-0.4, -0.2) is 116 Å². The van der Waals surface area contributed by atoms with Crippen LogP contribution in [0.25, 0.3) is 10.8 Å². The number of nitrogens with two attached hydrogens (primary N) is 2. The number of aliphatic hydroxyl groups is 5. The number of aromatic nitrogens is 2. The van der Waals surface area contributed by atoms with Crippen molar-refractivity contribution in [3.8, 4) is 5.75 Å². The first kappa shape index (κ1) is 41.2. The summed E-state index contributed by atoms with van der Waals surface area (Å²) in [5, 5.41) is 65.5. The Bertz CT molecular complexity index is 1780. The lowest BCUT2D eigenvalue weighted by atomic mass is 10.0. The van der Waals surface area contributed by atoms with Gasteiger partial charge in [0.25, 0.3) is 5.91 Å². The number of carbonyl (C=O) groups excluding carboxylic acids is 1. The average molecular weight is 753 g/mol. The maximum atomic E-state index is 12.4. The zero-order valence-electron chi connectivity index (χ0n) is 29.4. The maximum absolute atomic E-state index is 12.4. The Morgan fingerprint density at radius 2 is 1.58 bits per heavy atom. The predicted octanol–water partition coefficient (Wildman–Crippen LogP) is 1.47. The Morgan fingerprint density at radius 3 is 2.34 bits per heavy atom. The maximum Gasteiger partial charge on any atom is 0.280 e. The van der Waals surface area contributed by atoms with Crippen LogP contribution in [0, 0.1) is 5.41 Å². The van der Waals surface area contributed by atoms with Gasteiger partial charge in [0.15, 0.2) is 28.4 Å². The van der Waals surface area contributed by atoms with E-state index in [1.165, 1.54) is 10.9 Å². The molecular weight excluding hydrogens is 704 g/mol. The second kappa shape index (κ2) is 20.6. The second-order valence-corrected chi connectivity index (χ2v) is 13.0. The number of nitrogens with zero attached hydrogens (tertiary/aromatic N) is 3. The van der Waals surface area contributed by atoms with Crippen LogP contribution in [0.3, 0.4) is 0 Å². The number of aryl methyl sites for hydroxylation is 2. The molecule has 16 heteroatoms. The van der Waals surface area contributed by atoms with E-state index in [2.05, 4.69) is 44.9 Å². The number of benzene rings is 3. The predicted molar refractivity (Wildman–Crippen MR) is 204 cm³/mol. The van der Waals surface area contributed by atoms with E-state index < -0.39 is 36.9 Å². The van der Waals surface area contributed by atoms with Crippen molar-refractivity contribution in [1.29, 1.82) is 5.41 Å². The largest absolute Gasteiger partial charge is 0.492 e. The van der Waals surface area contributed by atoms with Crippen LogP contribution < -0.4 is 26.8 Å². The molecule has 286 valence electrons. The van der Waals surface area contributed by atoms with Crippen LogP contribution >= 0.6 is 11.6 Å². The molecule has 0 fully saturated rings. The summed E-state index contributed by atoms with van der Waals surface area (Å²) in [7, 11) is 0. The van der Waals surface area contributed by atoms with Crippen molar-refractivity contribution in [2.24, 2.45) is 0 Å². The first-order valence-electron chi connectivity index (χ1n) is 17.4. The Kier molecular flexibility index (Phi) is 16.0. The number of carbonyl (C=O) groups is 1. The fraction of sp³-hybridized carbons (Fsp3) is 0.405. The van der Waals surface area contributed by atoms with E-state index in [1.807, 2.05) is 47.4 Å². The summed E-state index contributed by atoms with van der Waals surface area (Å²) < 4.78 is 6.01. The van der Waals surface area contributed by atoms with Gasteiger partial charge in [0, 0.05) is 19.6 Å². The topological polar surface area (TPSA) is 256 Å². The molecule has 53 heavy (non-hydrogen) atoms. The fourth-order valence-electron chi connectivity index (χ4n) is 5.77. The van der Waals surface area contributed by atoms with Gasteiger partial charge in [-0.25, -0.2) is 9.97 Å². The average Bonchev–Trinajstić information content (AvgIpc) is 3.15. The molecule has 4 rings (SSSR count). The molecule has 1 heterocycles. The van der Waals surface area contributed by atoms with Crippen LogP contribution in [0.5, 0.6) is 5.75 Å². The molecule has 0 bridgehead atoms. The highest BCUT2D eigenvalue weighted by molar-refractivity contribution is 6.31. The van der Waals surface area contributed by atoms with Gasteiger partial charge in [0.2, 0.25) is 0 Å². The Labute approximate surface area is 313 Å². The SMILES string of the molecule is N=C(NCCCCc1ccc(OCCN(CCCc2cccc3ccccc23)C[C@H](O)[C@@H](O)[C@H](O)[C@H](O)CO)cc1)NC(=O)c1nc(Cl)c(N)nc1N. The summed E-state index contributed by atoms with van der Waals surface area (Å²) in [4.78, 5) is 21.9. The minimum Gasteiger partial charge on any atom is -0.492 e. The molecule has 0 aliphatic heterocycles. The zero-order chi connectivity index (χ0) is 38.3. The molecule has 0 saturated carbocycles. The molecule has 1 amide bonds. The van der Waals surface area contributed by atoms with Crippen molar-refractivity contribution >= 4 is 45.9 Å². The van der Waals surface area contributed by atoms with E-state index in [-0.39, 0.29) is 35.0 Å². The summed E-state index contributed by atoms with van der Waals surface area (Å²) in [6.45, 7) is 1.04. The molecule has 0 aliphatic rings. The normalized spacial score (nSPS) is 13.7. The summed E-state index contributed by atoms with van der Waals surface area (Å²) in [6.07, 6.45) is -2.37. The summed E-state index contributed by atoms with van der Waals surface area (Å²) >= 11 is 5.82. The first-order valence-corrected chi connectivity index (χ1v) is 17.8. The smallest absolute Gasteiger partial charge is 0.280 e. The van der Waals surface area contributed by atoms with Gasteiger partial charge in [-0.2, -0.15) is 0 Å². The van der Waals surface area contributed by atoms with E-state index in [1.54, 1.807) is 0 Å². The van der Waals surface area contributed by atoms with Gasteiger partial charge in [0.05, 0.1) is 12.7 Å². The number of amides is 1. The van der Waals surface area contributed by atoms with Crippen molar-refractivity contribution in [3.05, 3.63) is 88.7 Å². The van der Waals surface area contributed by atoms with Gasteiger partial charge in [-0.1, -0.05) is 66.2 Å². The molecule has 12 N–H and O–H groups in total. The summed E-state index contributed by atoms with van der Waals surface area (Å²) in [5.74, 6) is -0.551. The van der Waals surface area contributed by atoms with Gasteiger partial charge in [-0.3, -0.25) is 20.4 Å². The molecule has 0 spiro atoms. The third kappa shape index (κ3) is 12.5. The van der Waals surface area contributed by atoms with Crippen molar-refractivity contribution in [2.75, 3.05) is 50.9 Å². The number of fused-ring (bicyclic) bond motifs is 1. The number of rotatable bonds is 20. The highest BCUT2D eigenvalue weighted by atomic mass is 35.5. The molecule has 0 saturated heterocycles. The number of hydrogen-bond donors (Lipinski definition) is 10. The van der Waals surface area contributed by atoms with Crippen molar-refractivity contribution in [1.82, 2.24) is 25.5 Å². The fourth-order valence-corrected chi connectivity index (χ4v) is 5.90. The number of nitrogen functional groups attached to an aromatic ring is 2. The summed E-state index contributed by atoms with van der Waals surface area (Å²) in [5.41, 5.74) is 13.3. The molecule has 1 aromatic heterocycles. The van der Waals surface area contributed by atoms with Gasteiger partial charge in [-0.15, -0.1) is 0 Å². The van der Waals surface area contributed by atoms with Crippen molar-refractivity contribution in [3.63, 3.8) is 0 Å². The number of nitrogens with one attached hydrogen (secondary N) is 3. The van der Waals surface area contributed by atoms with Crippen molar-refractivity contribution in [2.45, 2.75) is 56.5 Å². The molecule has 0 radical (unpaired) electrons. The third-order valence-corrected chi connectivity index (χ3v) is 9.00. The van der Waals surface area contributed by atoms with Gasteiger partial charge in [0.1, 0.15) is 30.7 Å². The lowest BCUT2D eigenvalue weighted by Gasteiger charge is -2.30. The molecule has 4 aromatic rings. The third-order valence-electron chi connectivity index (χ3n) is 8.72. The first-order chi connectivity index (χ1) is 25.5. The molecular formula is C37H49ClN8O7. The summed E-state index contributed by atoms with van der Waals surface area (Å²) in [6, 6.07) is 22.1. The standard InChI is InChI=1S/C37H49ClN8O7/c38-33-35(40)44-34(39)30(43-33)36(52)45-37(41)42-17-4-3-7-23-13-15-26(16-14-23)53-20-19-46(21-28(48)31(50)32(51)29(49)22-47)18-6-11-25-10-5-9-24-8-1-2-12-27(24)25/h1-2,5,8-10,12-16,28-29,31-32,47-51H,3-4,6-7,11,17-22H2,(H4,39,40,44)(H3,41,42,45,52)/t28-,29+,31+,32+/m0/s1. The number of ether oxygens (including phenoxy) is 1. The minimum atomic E-state index is -1.70. The van der Waals surface area contributed by atoms with Gasteiger partial charge < -0.3 is 47.1 Å². The molecule has 0 aliphatic carbocycles. The number of hydrogen-bond acceptors (Lipinski definition) is 13. The van der Waals surface area contributed by atoms with Crippen LogP contribution in [0.2, 0.25) is 5.15 Å². The van der Waals surface area contributed by atoms with Crippen LogP contribution in [0.1, 0.15) is 40.9 Å². The van der Waals surface area contributed by atoms with Crippen molar-refractivity contribution < 1.29 is 35.1 Å². The molecule has 4 atom stereocenters. The lowest BCUT2D eigenvalue weighted by molar-refractivity contribution is -0.119. The Morgan fingerprint density at radius 1 is 0.868 bits per heavy atom. The lowest BCUT2D eigenvalue weighted by Crippen LogP contribution is -2.50. The van der Waals surface area contributed by atoms with Gasteiger partial charge >= 0.3 is 0 Å². The highest BCUT2D eigenvalue weighted by Gasteiger charge is 2.31. The highest BCUT2D eigenvalue weighted by Crippen LogP contribution is 2.21. The number of guanidine groups is 1. The number of unbranched alkanes of at least 4 members (excludes halogenated alkanes) is 1. The second-order valence-electron chi connectivity index (χ2n) is 12.7. The Hall–Kier alpha value is -4.61. The zero-order valence-corrected chi connectivity index (χ0v) is 30.1. The molecule has 0 unspecified atom stereocenters.